The molecule has 0 N–H and O–H groups in total. The van der Waals surface area contributed by atoms with Crippen molar-refractivity contribution < 1.29 is 26.7 Å². The number of halogens is 5. The van der Waals surface area contributed by atoms with Gasteiger partial charge in [0.1, 0.15) is 0 Å². The Kier molecular flexibility index (Phi) is 4.25. The van der Waals surface area contributed by atoms with E-state index in [4.69, 9.17) is 0 Å². The van der Waals surface area contributed by atoms with Crippen LogP contribution in [0.15, 0.2) is 0 Å². The van der Waals surface area contributed by atoms with Crippen molar-refractivity contribution in [1.82, 2.24) is 4.90 Å². The third-order valence-corrected chi connectivity index (χ3v) is 4.05. The van der Waals surface area contributed by atoms with Crippen molar-refractivity contribution in [2.45, 2.75) is 63.1 Å². The van der Waals surface area contributed by atoms with Gasteiger partial charge >= 0.3 is 18.0 Å². The highest BCUT2D eigenvalue weighted by Gasteiger charge is 2.65. The van der Waals surface area contributed by atoms with Gasteiger partial charge < -0.3 is 4.90 Å². The van der Waals surface area contributed by atoms with Crippen LogP contribution in [0.3, 0.4) is 0 Å². The maximum atomic E-state index is 13.2. The van der Waals surface area contributed by atoms with E-state index in [1.54, 1.807) is 0 Å². The smallest absolute Gasteiger partial charge is 0.334 e. The number of rotatable bonds is 4. The molecule has 0 bridgehead atoms. The fourth-order valence-corrected chi connectivity index (χ4v) is 2.73. The summed E-state index contributed by atoms with van der Waals surface area (Å²) in [6.45, 7) is 0.0369. The first-order valence-electron chi connectivity index (χ1n) is 6.99. The average Bonchev–Trinajstić information content (AvgIpc) is 3.19. The number of carbonyl (C=O) groups excluding carboxylic acids is 1. The predicted molar refractivity (Wildman–Crippen MR) is 62.3 cm³/mol. The van der Waals surface area contributed by atoms with Gasteiger partial charge in [0.15, 0.2) is 0 Å². The van der Waals surface area contributed by atoms with E-state index in [1.165, 1.54) is 0 Å². The summed E-state index contributed by atoms with van der Waals surface area (Å²) in [7, 11) is 0. The van der Waals surface area contributed by atoms with Gasteiger partial charge in [-0.25, -0.2) is 0 Å². The molecule has 0 atom stereocenters. The minimum Gasteiger partial charge on any atom is -0.334 e. The van der Waals surface area contributed by atoms with Crippen molar-refractivity contribution in [3.05, 3.63) is 0 Å². The summed E-state index contributed by atoms with van der Waals surface area (Å²) in [5, 5.41) is 0. The van der Waals surface area contributed by atoms with Crippen molar-refractivity contribution in [2.75, 3.05) is 6.54 Å². The zero-order valence-electron chi connectivity index (χ0n) is 11.1. The monoisotopic (exact) mass is 299 g/mol. The summed E-state index contributed by atoms with van der Waals surface area (Å²) in [4.78, 5) is 12.4. The summed E-state index contributed by atoms with van der Waals surface area (Å²) in [5.74, 6) is -7.29. The van der Waals surface area contributed by atoms with Gasteiger partial charge in [-0.3, -0.25) is 4.79 Å². The standard InChI is InChI=1S/C13H18F5NO/c14-12(15,13(16,17)18)11(20)19(10-6-7-10)8-9-4-2-1-3-5-9/h9-10H,1-8H2. The molecule has 0 aromatic rings. The first-order chi connectivity index (χ1) is 9.23. The molecule has 0 unspecified atom stereocenters. The lowest BCUT2D eigenvalue weighted by Gasteiger charge is -2.32. The van der Waals surface area contributed by atoms with Gasteiger partial charge in [0.05, 0.1) is 0 Å². The first kappa shape index (κ1) is 15.5. The molecule has 0 aliphatic heterocycles. The Morgan fingerprint density at radius 3 is 1.95 bits per heavy atom. The van der Waals surface area contributed by atoms with Crippen LogP contribution >= 0.6 is 0 Å². The fourth-order valence-electron chi connectivity index (χ4n) is 2.73. The summed E-state index contributed by atoms with van der Waals surface area (Å²) in [6, 6.07) is -0.433. The quantitative estimate of drug-likeness (QED) is 0.724. The van der Waals surface area contributed by atoms with Crippen LogP contribution in [0.25, 0.3) is 0 Å². The highest BCUT2D eigenvalue weighted by atomic mass is 19.4. The molecular formula is C13H18F5NO. The topological polar surface area (TPSA) is 20.3 Å². The summed E-state index contributed by atoms with van der Waals surface area (Å²) in [6.07, 6.45) is -0.211. The van der Waals surface area contributed by atoms with Crippen molar-refractivity contribution in [3.8, 4) is 0 Å². The molecule has 0 aromatic carbocycles. The second-order valence-electron chi connectivity index (χ2n) is 5.76. The van der Waals surface area contributed by atoms with Crippen LogP contribution in [0.2, 0.25) is 0 Å². The Bertz CT molecular complexity index is 358. The summed E-state index contributed by atoms with van der Waals surface area (Å²) in [5.41, 5.74) is 0. The molecule has 2 fully saturated rings. The molecule has 7 heteroatoms. The molecule has 1 amide bonds. The summed E-state index contributed by atoms with van der Waals surface area (Å²) < 4.78 is 63.3. The maximum Gasteiger partial charge on any atom is 0.463 e. The van der Waals surface area contributed by atoms with Crippen LogP contribution in [-0.4, -0.2) is 35.5 Å². The van der Waals surface area contributed by atoms with E-state index >= 15 is 0 Å². The molecule has 2 saturated carbocycles. The Morgan fingerprint density at radius 1 is 0.950 bits per heavy atom. The zero-order valence-corrected chi connectivity index (χ0v) is 11.1. The van der Waals surface area contributed by atoms with Gasteiger partial charge in [-0.15, -0.1) is 0 Å². The van der Waals surface area contributed by atoms with Crippen LogP contribution < -0.4 is 0 Å². The van der Waals surface area contributed by atoms with Gasteiger partial charge in [0.2, 0.25) is 0 Å². The van der Waals surface area contributed by atoms with E-state index in [1.807, 2.05) is 0 Å². The third kappa shape index (κ3) is 3.23. The Hall–Kier alpha value is -0.880. The lowest BCUT2D eigenvalue weighted by molar-refractivity contribution is -0.274. The molecule has 0 radical (unpaired) electrons. The van der Waals surface area contributed by atoms with Crippen molar-refractivity contribution >= 4 is 5.91 Å². The highest BCUT2D eigenvalue weighted by molar-refractivity contribution is 5.85. The molecule has 2 nitrogen and oxygen atoms in total. The maximum absolute atomic E-state index is 13.2. The molecule has 20 heavy (non-hydrogen) atoms. The lowest BCUT2D eigenvalue weighted by Crippen LogP contribution is -2.53. The Morgan fingerprint density at radius 2 is 1.50 bits per heavy atom. The Balaban J connectivity index is 2.06. The SMILES string of the molecule is O=C(N(CC1CCCCC1)C1CC1)C(F)(F)C(F)(F)F. The van der Waals surface area contributed by atoms with Gasteiger partial charge in [-0.2, -0.15) is 22.0 Å². The molecule has 0 aromatic heterocycles. The first-order valence-corrected chi connectivity index (χ1v) is 6.99. The molecule has 0 spiro atoms. The largest absolute Gasteiger partial charge is 0.463 e. The van der Waals surface area contributed by atoms with Crippen LogP contribution in [-0.2, 0) is 4.79 Å². The Labute approximate surface area is 114 Å². The van der Waals surface area contributed by atoms with Crippen LogP contribution in [0, 0.1) is 5.92 Å². The normalized spacial score (nSPS) is 21.9. The van der Waals surface area contributed by atoms with E-state index < -0.39 is 24.0 Å². The van der Waals surface area contributed by atoms with Gasteiger partial charge in [-0.05, 0) is 31.6 Å². The zero-order chi connectivity index (χ0) is 15.0. The second kappa shape index (κ2) is 5.48. The van der Waals surface area contributed by atoms with E-state index in [-0.39, 0.29) is 12.5 Å². The van der Waals surface area contributed by atoms with E-state index in [0.29, 0.717) is 12.8 Å². The van der Waals surface area contributed by atoms with Crippen LogP contribution in [0.1, 0.15) is 44.9 Å². The van der Waals surface area contributed by atoms with E-state index in [9.17, 15) is 26.7 Å². The predicted octanol–water partition coefficient (Wildman–Crippen LogP) is 3.76. The summed E-state index contributed by atoms with van der Waals surface area (Å²) >= 11 is 0. The number of hydrogen-bond acceptors (Lipinski definition) is 1. The van der Waals surface area contributed by atoms with Crippen LogP contribution in [0.4, 0.5) is 22.0 Å². The lowest BCUT2D eigenvalue weighted by atomic mass is 9.89. The van der Waals surface area contributed by atoms with Gasteiger partial charge in [0, 0.05) is 12.6 Å². The number of carbonyl (C=O) groups is 1. The molecule has 0 saturated heterocycles. The number of alkyl halides is 5. The minimum absolute atomic E-state index is 0.0369. The fraction of sp³-hybridized carbons (Fsp3) is 0.923. The minimum atomic E-state index is -5.82. The highest BCUT2D eigenvalue weighted by Crippen LogP contribution is 2.40. The average molecular weight is 299 g/mol. The molecule has 2 aliphatic rings. The molecule has 0 heterocycles. The van der Waals surface area contributed by atoms with Gasteiger partial charge in [0.25, 0.3) is 0 Å². The van der Waals surface area contributed by atoms with Crippen molar-refractivity contribution in [1.29, 1.82) is 0 Å². The number of amides is 1. The second-order valence-corrected chi connectivity index (χ2v) is 5.76. The van der Waals surface area contributed by atoms with E-state index in [0.717, 1.165) is 37.0 Å². The molecular weight excluding hydrogens is 281 g/mol. The number of nitrogens with zero attached hydrogens (tertiary/aromatic N) is 1. The molecule has 2 aliphatic carbocycles. The number of hydrogen-bond donors (Lipinski definition) is 0. The molecule has 116 valence electrons. The molecule has 2 rings (SSSR count). The van der Waals surface area contributed by atoms with E-state index in [2.05, 4.69) is 0 Å². The van der Waals surface area contributed by atoms with Crippen molar-refractivity contribution in [3.63, 3.8) is 0 Å². The van der Waals surface area contributed by atoms with Gasteiger partial charge in [-0.1, -0.05) is 19.3 Å². The third-order valence-electron chi connectivity index (χ3n) is 4.05. The van der Waals surface area contributed by atoms with Crippen molar-refractivity contribution in [2.24, 2.45) is 5.92 Å². The van der Waals surface area contributed by atoms with Crippen LogP contribution in [0.5, 0.6) is 0 Å².